The summed E-state index contributed by atoms with van der Waals surface area (Å²) in [6.45, 7) is 7.46. The number of amides is 1. The second kappa shape index (κ2) is 4.28. The number of ether oxygens (including phenoxy) is 1. The summed E-state index contributed by atoms with van der Waals surface area (Å²) in [6.07, 6.45) is 0. The van der Waals surface area contributed by atoms with Crippen LogP contribution in [0.1, 0.15) is 30.0 Å². The smallest absolute Gasteiger partial charge is 0.274 e. The monoisotopic (exact) mass is 252 g/mol. The predicted molar refractivity (Wildman–Crippen MR) is 68.3 cm³/mol. The molecule has 2 N–H and O–H groups in total. The van der Waals surface area contributed by atoms with Gasteiger partial charge in [-0.3, -0.25) is 9.48 Å². The zero-order valence-electron chi connectivity index (χ0n) is 11.4. The molecule has 1 aliphatic heterocycles. The number of morpholine rings is 1. The molecule has 6 nitrogen and oxygen atoms in total. The molecule has 0 atom stereocenters. The van der Waals surface area contributed by atoms with E-state index < -0.39 is 0 Å². The van der Waals surface area contributed by atoms with Gasteiger partial charge >= 0.3 is 0 Å². The maximum atomic E-state index is 12.6. The van der Waals surface area contributed by atoms with Crippen molar-refractivity contribution in [3.63, 3.8) is 0 Å². The highest BCUT2D eigenvalue weighted by Crippen LogP contribution is 2.24. The first-order valence-electron chi connectivity index (χ1n) is 6.03. The van der Waals surface area contributed by atoms with Crippen molar-refractivity contribution in [1.29, 1.82) is 0 Å². The summed E-state index contributed by atoms with van der Waals surface area (Å²) in [7, 11) is 1.74. The molecular formula is C12H20N4O2. The summed E-state index contributed by atoms with van der Waals surface area (Å²) in [4.78, 5) is 14.4. The third-order valence-corrected chi connectivity index (χ3v) is 3.36. The summed E-state index contributed by atoms with van der Waals surface area (Å²) >= 11 is 0. The minimum absolute atomic E-state index is 0.0797. The number of hydrogen-bond acceptors (Lipinski definition) is 4. The first-order valence-corrected chi connectivity index (χ1v) is 6.03. The topological polar surface area (TPSA) is 73.4 Å². The van der Waals surface area contributed by atoms with Crippen LogP contribution in [0.25, 0.3) is 0 Å². The highest BCUT2D eigenvalue weighted by Gasteiger charge is 2.36. The summed E-state index contributed by atoms with van der Waals surface area (Å²) in [6, 6.07) is 0. The molecule has 0 aromatic carbocycles. The number of aryl methyl sites for hydroxylation is 2. The number of rotatable bonds is 1. The molecule has 0 bridgehead atoms. The fraction of sp³-hybridized carbons (Fsp3) is 0.667. The Morgan fingerprint density at radius 2 is 2.17 bits per heavy atom. The molecule has 6 heteroatoms. The van der Waals surface area contributed by atoms with Gasteiger partial charge in [-0.05, 0) is 20.8 Å². The van der Waals surface area contributed by atoms with Gasteiger partial charge in [0.2, 0.25) is 0 Å². The van der Waals surface area contributed by atoms with Crippen LogP contribution >= 0.6 is 0 Å². The van der Waals surface area contributed by atoms with Gasteiger partial charge in [0.1, 0.15) is 5.69 Å². The fourth-order valence-corrected chi connectivity index (χ4v) is 2.29. The van der Waals surface area contributed by atoms with Crippen molar-refractivity contribution in [2.24, 2.45) is 7.05 Å². The Labute approximate surface area is 107 Å². The quantitative estimate of drug-likeness (QED) is 0.792. The second-order valence-electron chi connectivity index (χ2n) is 5.29. The second-order valence-corrected chi connectivity index (χ2v) is 5.29. The van der Waals surface area contributed by atoms with Crippen molar-refractivity contribution in [3.05, 3.63) is 11.4 Å². The number of nitrogens with zero attached hydrogens (tertiary/aromatic N) is 3. The maximum absolute atomic E-state index is 12.6. The van der Waals surface area contributed by atoms with Crippen LogP contribution in [0.15, 0.2) is 0 Å². The summed E-state index contributed by atoms with van der Waals surface area (Å²) in [5, 5.41) is 4.19. The van der Waals surface area contributed by atoms with Gasteiger partial charge in [0.05, 0.1) is 30.1 Å². The Kier molecular flexibility index (Phi) is 3.06. The van der Waals surface area contributed by atoms with E-state index in [-0.39, 0.29) is 11.4 Å². The first kappa shape index (κ1) is 12.9. The van der Waals surface area contributed by atoms with Gasteiger partial charge in [-0.1, -0.05) is 0 Å². The molecule has 0 unspecified atom stereocenters. The van der Waals surface area contributed by atoms with Crippen LogP contribution in [0.5, 0.6) is 0 Å². The van der Waals surface area contributed by atoms with Crippen LogP contribution in [0, 0.1) is 6.92 Å². The minimum atomic E-state index is -0.319. The molecule has 0 radical (unpaired) electrons. The SMILES string of the molecule is Cc1nn(C)c(C(=O)N2CCOCC2(C)C)c1N. The lowest BCUT2D eigenvalue weighted by molar-refractivity contribution is -0.0374. The zero-order valence-corrected chi connectivity index (χ0v) is 11.4. The van der Waals surface area contributed by atoms with Gasteiger partial charge < -0.3 is 15.4 Å². The van der Waals surface area contributed by atoms with Crippen LogP contribution < -0.4 is 5.73 Å². The lowest BCUT2D eigenvalue weighted by Crippen LogP contribution is -2.55. The van der Waals surface area contributed by atoms with Gasteiger partial charge in [0.15, 0.2) is 0 Å². The molecule has 1 aliphatic rings. The highest BCUT2D eigenvalue weighted by atomic mass is 16.5. The Balaban J connectivity index is 2.36. The van der Waals surface area contributed by atoms with E-state index >= 15 is 0 Å². The molecule has 1 aromatic heterocycles. The summed E-state index contributed by atoms with van der Waals surface area (Å²) < 4.78 is 6.97. The molecule has 1 amide bonds. The van der Waals surface area contributed by atoms with Crippen LogP contribution in [0.3, 0.4) is 0 Å². The van der Waals surface area contributed by atoms with Crippen molar-refractivity contribution < 1.29 is 9.53 Å². The molecular weight excluding hydrogens is 232 g/mol. The molecule has 2 rings (SSSR count). The molecule has 0 saturated carbocycles. The van der Waals surface area contributed by atoms with Crippen molar-refractivity contribution in [2.45, 2.75) is 26.3 Å². The van der Waals surface area contributed by atoms with Crippen LogP contribution in [0.2, 0.25) is 0 Å². The third kappa shape index (κ3) is 1.96. The Hall–Kier alpha value is -1.56. The van der Waals surface area contributed by atoms with E-state index in [9.17, 15) is 4.79 Å². The maximum Gasteiger partial charge on any atom is 0.274 e. The Bertz CT molecular complexity index is 479. The van der Waals surface area contributed by atoms with Crippen molar-refractivity contribution in [2.75, 3.05) is 25.5 Å². The van der Waals surface area contributed by atoms with E-state index in [1.165, 1.54) is 0 Å². The lowest BCUT2D eigenvalue weighted by atomic mass is 10.0. The zero-order chi connectivity index (χ0) is 13.5. The van der Waals surface area contributed by atoms with E-state index in [0.717, 1.165) is 0 Å². The average molecular weight is 252 g/mol. The van der Waals surface area contributed by atoms with Gasteiger partial charge in [0.25, 0.3) is 5.91 Å². The highest BCUT2D eigenvalue weighted by molar-refractivity contribution is 5.98. The molecule has 1 saturated heterocycles. The van der Waals surface area contributed by atoms with Crippen LogP contribution in [0.4, 0.5) is 5.69 Å². The van der Waals surface area contributed by atoms with Gasteiger partial charge in [0, 0.05) is 13.6 Å². The number of carbonyl (C=O) groups is 1. The summed E-state index contributed by atoms with van der Waals surface area (Å²) in [5.41, 5.74) is 7.23. The Morgan fingerprint density at radius 1 is 1.50 bits per heavy atom. The van der Waals surface area contributed by atoms with E-state index in [4.69, 9.17) is 10.5 Å². The molecule has 100 valence electrons. The normalized spacial score (nSPS) is 19.0. The fourth-order valence-electron chi connectivity index (χ4n) is 2.29. The number of hydrogen-bond donors (Lipinski definition) is 1. The van der Waals surface area contributed by atoms with E-state index in [2.05, 4.69) is 5.10 Å². The average Bonchev–Trinajstić information content (AvgIpc) is 2.52. The number of nitrogen functional groups attached to an aromatic ring is 1. The molecule has 1 fully saturated rings. The van der Waals surface area contributed by atoms with Crippen molar-refractivity contribution in [3.8, 4) is 0 Å². The van der Waals surface area contributed by atoms with E-state index in [0.29, 0.717) is 36.8 Å². The van der Waals surface area contributed by atoms with Crippen LogP contribution in [-0.2, 0) is 11.8 Å². The largest absolute Gasteiger partial charge is 0.395 e. The molecule has 2 heterocycles. The standard InChI is InChI=1S/C12H20N4O2/c1-8-9(13)10(15(4)14-8)11(17)16-5-6-18-7-12(16,2)3/h5-7,13H2,1-4H3. The van der Waals surface area contributed by atoms with E-state index in [1.54, 1.807) is 18.7 Å². The predicted octanol–water partition coefficient (Wildman–Crippen LogP) is 0.562. The number of anilines is 1. The van der Waals surface area contributed by atoms with Crippen LogP contribution in [-0.4, -0.2) is 45.9 Å². The minimum Gasteiger partial charge on any atom is -0.395 e. The summed E-state index contributed by atoms with van der Waals surface area (Å²) in [5.74, 6) is -0.0797. The molecule has 18 heavy (non-hydrogen) atoms. The van der Waals surface area contributed by atoms with Gasteiger partial charge in [-0.25, -0.2) is 0 Å². The molecule has 0 spiro atoms. The Morgan fingerprint density at radius 3 is 2.67 bits per heavy atom. The van der Waals surface area contributed by atoms with Crippen molar-refractivity contribution in [1.82, 2.24) is 14.7 Å². The molecule has 0 aliphatic carbocycles. The first-order chi connectivity index (χ1) is 8.34. The van der Waals surface area contributed by atoms with E-state index in [1.807, 2.05) is 18.7 Å². The lowest BCUT2D eigenvalue weighted by Gasteiger charge is -2.42. The number of carbonyl (C=O) groups excluding carboxylic acids is 1. The van der Waals surface area contributed by atoms with Crippen molar-refractivity contribution >= 4 is 11.6 Å². The number of nitrogens with two attached hydrogens (primary N) is 1. The number of aromatic nitrogens is 2. The third-order valence-electron chi connectivity index (χ3n) is 3.36. The molecule has 1 aromatic rings. The van der Waals surface area contributed by atoms with Gasteiger partial charge in [-0.2, -0.15) is 5.10 Å². The van der Waals surface area contributed by atoms with Gasteiger partial charge in [-0.15, -0.1) is 0 Å².